The first kappa shape index (κ1) is 7.06. The van der Waals surface area contributed by atoms with Gasteiger partial charge in [-0.15, -0.1) is 0 Å². The molecule has 0 atom stereocenters. The third-order valence-electron chi connectivity index (χ3n) is 1.70. The van der Waals surface area contributed by atoms with Crippen LogP contribution in [0.15, 0.2) is 23.0 Å². The largest absolute Gasteiger partial charge is 0.504 e. The minimum absolute atomic E-state index is 0.0694. The Hall–Kier alpha value is -1.05. The number of carbonyl (C=O) groups is 1. The van der Waals surface area contributed by atoms with Crippen LogP contribution in [-0.4, -0.2) is 10.9 Å². The lowest BCUT2D eigenvalue weighted by Crippen LogP contribution is -1.93. The quantitative estimate of drug-likeness (QED) is 0.599. The molecule has 0 aromatic carbocycles. The van der Waals surface area contributed by atoms with Gasteiger partial charge in [0.2, 0.25) is 5.78 Å². The zero-order valence-electron chi connectivity index (χ0n) is 6.14. The Morgan fingerprint density at radius 3 is 2.40 bits per heavy atom. The van der Waals surface area contributed by atoms with Gasteiger partial charge < -0.3 is 5.11 Å². The summed E-state index contributed by atoms with van der Waals surface area (Å²) in [6.07, 6.45) is 2.19. The molecule has 0 aromatic heterocycles. The maximum Gasteiger partial charge on any atom is 0.220 e. The van der Waals surface area contributed by atoms with Crippen LogP contribution in [0.1, 0.15) is 20.3 Å². The van der Waals surface area contributed by atoms with Crippen LogP contribution < -0.4 is 0 Å². The average Bonchev–Trinajstić information content (AvgIpc) is 2.09. The molecule has 2 nitrogen and oxygen atoms in total. The van der Waals surface area contributed by atoms with Crippen LogP contribution in [0.25, 0.3) is 0 Å². The standard InChI is InChI=1S/C8H10O2/c1-3-6-5(2)4-7(9)8(6)10/h4H,3H2,1-2H3,(H,9,10). The Balaban J connectivity index is 3.05. The van der Waals surface area contributed by atoms with Crippen molar-refractivity contribution in [3.05, 3.63) is 23.0 Å². The van der Waals surface area contributed by atoms with Crippen LogP contribution in [0.2, 0.25) is 0 Å². The third kappa shape index (κ3) is 0.856. The van der Waals surface area contributed by atoms with E-state index in [9.17, 15) is 4.79 Å². The highest BCUT2D eigenvalue weighted by atomic mass is 16.3. The molecule has 1 aliphatic carbocycles. The van der Waals surface area contributed by atoms with E-state index >= 15 is 0 Å². The summed E-state index contributed by atoms with van der Waals surface area (Å²) in [5.41, 5.74) is 1.68. The second-order valence-corrected chi connectivity index (χ2v) is 2.37. The second-order valence-electron chi connectivity index (χ2n) is 2.37. The fraction of sp³-hybridized carbons (Fsp3) is 0.375. The zero-order valence-corrected chi connectivity index (χ0v) is 6.14. The van der Waals surface area contributed by atoms with Gasteiger partial charge in [-0.3, -0.25) is 4.79 Å². The van der Waals surface area contributed by atoms with Crippen molar-refractivity contribution < 1.29 is 9.90 Å². The van der Waals surface area contributed by atoms with Crippen LogP contribution in [0.3, 0.4) is 0 Å². The smallest absolute Gasteiger partial charge is 0.220 e. The molecular weight excluding hydrogens is 128 g/mol. The lowest BCUT2D eigenvalue weighted by molar-refractivity contribution is -0.113. The number of carbonyl (C=O) groups excluding carboxylic acids is 1. The molecule has 0 amide bonds. The molecule has 0 aliphatic heterocycles. The first-order chi connectivity index (χ1) is 4.66. The normalized spacial score (nSPS) is 18.2. The first-order valence-corrected chi connectivity index (χ1v) is 3.32. The molecule has 10 heavy (non-hydrogen) atoms. The van der Waals surface area contributed by atoms with Crippen LogP contribution in [0.5, 0.6) is 0 Å². The Morgan fingerprint density at radius 2 is 2.20 bits per heavy atom. The maximum atomic E-state index is 10.8. The molecule has 0 heterocycles. The number of allylic oxidation sites excluding steroid dienone is 3. The van der Waals surface area contributed by atoms with Gasteiger partial charge in [0.25, 0.3) is 0 Å². The van der Waals surface area contributed by atoms with Gasteiger partial charge in [0.1, 0.15) is 0 Å². The molecule has 0 unspecified atom stereocenters. The summed E-state index contributed by atoms with van der Waals surface area (Å²) in [5, 5.41) is 9.11. The lowest BCUT2D eigenvalue weighted by atomic mass is 10.1. The van der Waals surface area contributed by atoms with E-state index in [0.717, 1.165) is 17.6 Å². The predicted octanol–water partition coefficient (Wildman–Crippen LogP) is 1.74. The summed E-state index contributed by atoms with van der Waals surface area (Å²) in [4.78, 5) is 10.8. The summed E-state index contributed by atoms with van der Waals surface area (Å²) in [6, 6.07) is 0. The van der Waals surface area contributed by atoms with Gasteiger partial charge in [0.15, 0.2) is 5.76 Å². The van der Waals surface area contributed by atoms with Crippen LogP contribution in [-0.2, 0) is 4.79 Å². The third-order valence-corrected chi connectivity index (χ3v) is 1.70. The van der Waals surface area contributed by atoms with E-state index in [1.165, 1.54) is 6.08 Å². The molecule has 1 rings (SSSR count). The number of hydrogen-bond acceptors (Lipinski definition) is 2. The minimum Gasteiger partial charge on any atom is -0.504 e. The zero-order chi connectivity index (χ0) is 7.72. The topological polar surface area (TPSA) is 37.3 Å². The van der Waals surface area contributed by atoms with Gasteiger partial charge in [-0.05, 0) is 25.0 Å². The molecule has 0 spiro atoms. The monoisotopic (exact) mass is 138 g/mol. The van der Waals surface area contributed by atoms with Gasteiger partial charge in [-0.1, -0.05) is 6.92 Å². The molecule has 0 saturated carbocycles. The van der Waals surface area contributed by atoms with E-state index in [1.807, 2.05) is 13.8 Å². The average molecular weight is 138 g/mol. The summed E-state index contributed by atoms with van der Waals surface area (Å²) >= 11 is 0. The number of aliphatic hydroxyl groups is 1. The number of hydrogen-bond donors (Lipinski definition) is 1. The molecule has 0 saturated heterocycles. The number of rotatable bonds is 1. The highest BCUT2D eigenvalue weighted by Gasteiger charge is 2.19. The number of aliphatic hydroxyl groups excluding tert-OH is 1. The van der Waals surface area contributed by atoms with E-state index in [4.69, 9.17) is 5.11 Å². The highest BCUT2D eigenvalue weighted by Crippen LogP contribution is 2.23. The lowest BCUT2D eigenvalue weighted by Gasteiger charge is -1.97. The van der Waals surface area contributed by atoms with Crippen molar-refractivity contribution in [1.82, 2.24) is 0 Å². The molecule has 0 radical (unpaired) electrons. The van der Waals surface area contributed by atoms with Gasteiger partial charge >= 0.3 is 0 Å². The van der Waals surface area contributed by atoms with E-state index in [1.54, 1.807) is 0 Å². The van der Waals surface area contributed by atoms with E-state index in [0.29, 0.717) is 0 Å². The van der Waals surface area contributed by atoms with Crippen molar-refractivity contribution in [3.63, 3.8) is 0 Å². The van der Waals surface area contributed by atoms with Crippen molar-refractivity contribution in [1.29, 1.82) is 0 Å². The molecule has 1 aliphatic rings. The molecule has 54 valence electrons. The fourth-order valence-corrected chi connectivity index (χ4v) is 1.13. The van der Waals surface area contributed by atoms with Crippen molar-refractivity contribution in [3.8, 4) is 0 Å². The van der Waals surface area contributed by atoms with Gasteiger partial charge in [0, 0.05) is 5.57 Å². The Kier molecular flexibility index (Phi) is 1.62. The Labute approximate surface area is 59.9 Å². The highest BCUT2D eigenvalue weighted by molar-refractivity contribution is 6.07. The van der Waals surface area contributed by atoms with Gasteiger partial charge in [-0.2, -0.15) is 0 Å². The second kappa shape index (κ2) is 2.29. The van der Waals surface area contributed by atoms with Crippen molar-refractivity contribution in [2.75, 3.05) is 0 Å². The number of ketones is 1. The first-order valence-electron chi connectivity index (χ1n) is 3.32. The Morgan fingerprint density at radius 1 is 1.60 bits per heavy atom. The van der Waals surface area contributed by atoms with Gasteiger partial charge in [0.05, 0.1) is 0 Å². The fourth-order valence-electron chi connectivity index (χ4n) is 1.13. The van der Waals surface area contributed by atoms with Crippen molar-refractivity contribution >= 4 is 5.78 Å². The maximum absolute atomic E-state index is 10.8. The van der Waals surface area contributed by atoms with Crippen molar-refractivity contribution in [2.45, 2.75) is 20.3 Å². The molecule has 1 N–H and O–H groups in total. The SMILES string of the molecule is CCC1=C(O)C(=O)C=C1C. The predicted molar refractivity (Wildman–Crippen MR) is 38.7 cm³/mol. The van der Waals surface area contributed by atoms with Crippen LogP contribution >= 0.6 is 0 Å². The summed E-state index contributed by atoms with van der Waals surface area (Å²) in [7, 11) is 0. The van der Waals surface area contributed by atoms with E-state index < -0.39 is 0 Å². The minimum atomic E-state index is -0.255. The molecular formula is C8H10O2. The molecule has 0 aromatic rings. The van der Waals surface area contributed by atoms with E-state index in [2.05, 4.69) is 0 Å². The molecule has 2 heteroatoms. The van der Waals surface area contributed by atoms with Gasteiger partial charge in [-0.25, -0.2) is 0 Å². The molecule has 0 bridgehead atoms. The molecule has 0 fully saturated rings. The Bertz CT molecular complexity index is 234. The summed E-state index contributed by atoms with van der Waals surface area (Å²) in [5.74, 6) is -0.325. The van der Waals surface area contributed by atoms with Crippen molar-refractivity contribution in [2.24, 2.45) is 0 Å². The van der Waals surface area contributed by atoms with Crippen LogP contribution in [0.4, 0.5) is 0 Å². The van der Waals surface area contributed by atoms with Crippen LogP contribution in [0, 0.1) is 0 Å². The van der Waals surface area contributed by atoms with E-state index in [-0.39, 0.29) is 11.5 Å². The summed E-state index contributed by atoms with van der Waals surface area (Å²) < 4.78 is 0. The summed E-state index contributed by atoms with van der Waals surface area (Å²) in [6.45, 7) is 3.75.